The molecule has 0 saturated heterocycles. The van der Waals surface area contributed by atoms with Crippen molar-refractivity contribution in [3.8, 4) is 0 Å². The molecule has 4 nitrogen and oxygen atoms in total. The fourth-order valence-electron chi connectivity index (χ4n) is 1.96. The normalized spacial score (nSPS) is 37.4. The van der Waals surface area contributed by atoms with Gasteiger partial charge in [-0.25, -0.2) is 0 Å². The van der Waals surface area contributed by atoms with Gasteiger partial charge in [0, 0.05) is 26.1 Å². The van der Waals surface area contributed by atoms with Crippen LogP contribution in [0.5, 0.6) is 0 Å². The number of hydrogen-bond acceptors (Lipinski definition) is 4. The highest BCUT2D eigenvalue weighted by Crippen LogP contribution is 2.34. The average molecular weight is 202 g/mol. The van der Waals surface area contributed by atoms with E-state index in [1.807, 2.05) is 0 Å². The van der Waals surface area contributed by atoms with Gasteiger partial charge >= 0.3 is 0 Å². The standard InChI is InChI=1S/C10H18O4/c11-6-4-9(13)2-1-3-10(14,8-9)5-7-12/h1-2,11-14H,3-8H2. The highest BCUT2D eigenvalue weighted by atomic mass is 16.3. The third kappa shape index (κ3) is 2.78. The number of hydrogen-bond donors (Lipinski definition) is 4. The Bertz CT molecular complexity index is 216. The van der Waals surface area contributed by atoms with Crippen LogP contribution in [0.15, 0.2) is 12.2 Å². The molecule has 1 aliphatic carbocycles. The van der Waals surface area contributed by atoms with Crippen LogP contribution in [-0.4, -0.2) is 44.8 Å². The van der Waals surface area contributed by atoms with Crippen LogP contribution in [-0.2, 0) is 0 Å². The summed E-state index contributed by atoms with van der Waals surface area (Å²) in [6.07, 6.45) is 4.42. The zero-order valence-corrected chi connectivity index (χ0v) is 8.19. The van der Waals surface area contributed by atoms with Gasteiger partial charge in [-0.15, -0.1) is 0 Å². The van der Waals surface area contributed by atoms with Gasteiger partial charge in [-0.1, -0.05) is 12.2 Å². The lowest BCUT2D eigenvalue weighted by Gasteiger charge is -2.38. The monoisotopic (exact) mass is 202 g/mol. The maximum atomic E-state index is 9.98. The second-order valence-electron chi connectivity index (χ2n) is 4.06. The van der Waals surface area contributed by atoms with Crippen LogP contribution in [0.1, 0.15) is 25.7 Å². The molecule has 0 radical (unpaired) electrons. The van der Waals surface area contributed by atoms with Crippen molar-refractivity contribution >= 4 is 0 Å². The first-order valence-electron chi connectivity index (χ1n) is 4.88. The molecule has 0 aromatic carbocycles. The van der Waals surface area contributed by atoms with Crippen LogP contribution < -0.4 is 0 Å². The molecule has 0 aromatic rings. The molecule has 0 spiro atoms. The van der Waals surface area contributed by atoms with Crippen molar-refractivity contribution in [3.63, 3.8) is 0 Å². The van der Waals surface area contributed by atoms with Crippen LogP contribution >= 0.6 is 0 Å². The summed E-state index contributed by atoms with van der Waals surface area (Å²) in [4.78, 5) is 0. The minimum Gasteiger partial charge on any atom is -0.396 e. The van der Waals surface area contributed by atoms with Crippen molar-refractivity contribution in [1.29, 1.82) is 0 Å². The lowest BCUT2D eigenvalue weighted by molar-refractivity contribution is -0.0664. The Morgan fingerprint density at radius 3 is 2.29 bits per heavy atom. The largest absolute Gasteiger partial charge is 0.396 e. The lowest BCUT2D eigenvalue weighted by Crippen LogP contribution is -2.44. The predicted octanol–water partition coefficient (Wildman–Crippen LogP) is -0.437. The van der Waals surface area contributed by atoms with Gasteiger partial charge in [-0.3, -0.25) is 0 Å². The van der Waals surface area contributed by atoms with E-state index in [4.69, 9.17) is 10.2 Å². The minimum absolute atomic E-state index is 0.0977. The van der Waals surface area contributed by atoms with Crippen molar-refractivity contribution in [3.05, 3.63) is 12.2 Å². The molecule has 4 heteroatoms. The average Bonchev–Trinajstić information content (AvgIpc) is 2.02. The molecule has 4 N–H and O–H groups in total. The minimum atomic E-state index is -1.13. The van der Waals surface area contributed by atoms with E-state index >= 15 is 0 Å². The van der Waals surface area contributed by atoms with Crippen LogP contribution in [0, 0.1) is 0 Å². The van der Waals surface area contributed by atoms with Gasteiger partial charge in [0.15, 0.2) is 0 Å². The van der Waals surface area contributed by atoms with Crippen molar-refractivity contribution < 1.29 is 20.4 Å². The quantitative estimate of drug-likeness (QED) is 0.466. The topological polar surface area (TPSA) is 80.9 Å². The van der Waals surface area contributed by atoms with Crippen LogP contribution in [0.3, 0.4) is 0 Å². The first-order chi connectivity index (χ1) is 6.54. The van der Waals surface area contributed by atoms with Gasteiger partial charge in [0.2, 0.25) is 0 Å². The molecule has 2 unspecified atom stereocenters. The first-order valence-corrected chi connectivity index (χ1v) is 4.88. The Balaban J connectivity index is 2.67. The van der Waals surface area contributed by atoms with Gasteiger partial charge in [-0.2, -0.15) is 0 Å². The molecule has 82 valence electrons. The van der Waals surface area contributed by atoms with Gasteiger partial charge < -0.3 is 20.4 Å². The van der Waals surface area contributed by atoms with E-state index in [0.717, 1.165) is 0 Å². The Hall–Kier alpha value is -0.420. The van der Waals surface area contributed by atoms with E-state index in [1.54, 1.807) is 12.2 Å². The number of rotatable bonds is 4. The summed E-state index contributed by atoms with van der Waals surface area (Å²) in [7, 11) is 0. The zero-order chi connectivity index (χ0) is 10.7. The van der Waals surface area contributed by atoms with E-state index in [1.165, 1.54) is 0 Å². The fraction of sp³-hybridized carbons (Fsp3) is 0.800. The molecular formula is C10H18O4. The molecule has 14 heavy (non-hydrogen) atoms. The van der Waals surface area contributed by atoms with Crippen molar-refractivity contribution in [2.24, 2.45) is 0 Å². The lowest BCUT2D eigenvalue weighted by atomic mass is 9.77. The van der Waals surface area contributed by atoms with Crippen molar-refractivity contribution in [1.82, 2.24) is 0 Å². The predicted molar refractivity (Wildman–Crippen MR) is 51.7 cm³/mol. The second-order valence-corrected chi connectivity index (χ2v) is 4.06. The maximum absolute atomic E-state index is 9.98. The first kappa shape index (κ1) is 11.7. The Labute approximate surface area is 83.5 Å². The molecule has 0 saturated carbocycles. The zero-order valence-electron chi connectivity index (χ0n) is 8.19. The van der Waals surface area contributed by atoms with E-state index in [2.05, 4.69) is 0 Å². The van der Waals surface area contributed by atoms with Crippen LogP contribution in [0.2, 0.25) is 0 Å². The van der Waals surface area contributed by atoms with Gasteiger partial charge in [0.05, 0.1) is 11.2 Å². The summed E-state index contributed by atoms with van der Waals surface area (Å²) in [5.41, 5.74) is -2.16. The summed E-state index contributed by atoms with van der Waals surface area (Å²) in [6.45, 7) is -0.213. The summed E-state index contributed by atoms with van der Waals surface area (Å²) in [5, 5.41) is 37.5. The molecule has 0 bridgehead atoms. The SMILES string of the molecule is OCCC1(O)C=CCC(O)(CCO)C1. The van der Waals surface area contributed by atoms with Crippen LogP contribution in [0.25, 0.3) is 0 Å². The van der Waals surface area contributed by atoms with E-state index in [-0.39, 0.29) is 32.5 Å². The molecule has 0 amide bonds. The highest BCUT2D eigenvalue weighted by molar-refractivity contribution is 5.11. The van der Waals surface area contributed by atoms with Crippen LogP contribution in [0.4, 0.5) is 0 Å². The molecule has 0 fully saturated rings. The summed E-state index contributed by atoms with van der Waals surface area (Å²) < 4.78 is 0. The van der Waals surface area contributed by atoms with E-state index in [9.17, 15) is 10.2 Å². The van der Waals surface area contributed by atoms with Crippen molar-refractivity contribution in [2.75, 3.05) is 13.2 Å². The third-order valence-corrected chi connectivity index (χ3v) is 2.68. The van der Waals surface area contributed by atoms with Gasteiger partial charge in [0.25, 0.3) is 0 Å². The summed E-state index contributed by atoms with van der Waals surface area (Å²) in [6, 6.07) is 0. The third-order valence-electron chi connectivity index (χ3n) is 2.68. The molecular weight excluding hydrogens is 184 g/mol. The molecule has 1 aliphatic rings. The summed E-state index contributed by atoms with van der Waals surface area (Å²) in [5.74, 6) is 0. The number of aliphatic hydroxyl groups is 4. The fourth-order valence-corrected chi connectivity index (χ4v) is 1.96. The second kappa shape index (κ2) is 4.40. The van der Waals surface area contributed by atoms with Crippen molar-refractivity contribution in [2.45, 2.75) is 36.9 Å². The molecule has 0 aromatic heterocycles. The molecule has 0 aliphatic heterocycles. The Morgan fingerprint density at radius 1 is 1.07 bits per heavy atom. The summed E-state index contributed by atoms with van der Waals surface area (Å²) >= 11 is 0. The highest BCUT2D eigenvalue weighted by Gasteiger charge is 2.38. The van der Waals surface area contributed by atoms with Gasteiger partial charge in [0.1, 0.15) is 0 Å². The number of aliphatic hydroxyl groups excluding tert-OH is 2. The van der Waals surface area contributed by atoms with E-state index < -0.39 is 11.2 Å². The molecule has 2 atom stereocenters. The smallest absolute Gasteiger partial charge is 0.0877 e. The molecule has 1 rings (SSSR count). The Kier molecular flexibility index (Phi) is 3.66. The Morgan fingerprint density at radius 2 is 1.71 bits per heavy atom. The maximum Gasteiger partial charge on any atom is 0.0877 e. The van der Waals surface area contributed by atoms with Gasteiger partial charge in [-0.05, 0) is 12.8 Å². The molecule has 0 heterocycles. The van der Waals surface area contributed by atoms with E-state index in [0.29, 0.717) is 6.42 Å².